The minimum absolute atomic E-state index is 0.260. The molecule has 1 fully saturated rings. The van der Waals surface area contributed by atoms with Crippen molar-refractivity contribution in [2.24, 2.45) is 0 Å². The van der Waals surface area contributed by atoms with Crippen LogP contribution in [0.15, 0.2) is 29.2 Å². The lowest BCUT2D eigenvalue weighted by Crippen LogP contribution is -2.38. The van der Waals surface area contributed by atoms with Crippen molar-refractivity contribution >= 4 is 29.3 Å². The molecule has 0 radical (unpaired) electrons. The minimum atomic E-state index is 0.260. The molecule has 0 aromatic heterocycles. The third-order valence-corrected chi connectivity index (χ3v) is 4.94. The highest BCUT2D eigenvalue weighted by molar-refractivity contribution is 7.99. The molecule has 1 heterocycles. The molecule has 1 amide bonds. The van der Waals surface area contributed by atoms with Crippen molar-refractivity contribution in [3.63, 3.8) is 0 Å². The van der Waals surface area contributed by atoms with E-state index in [9.17, 15) is 4.79 Å². The second-order valence-corrected chi connectivity index (χ2v) is 6.66. The summed E-state index contributed by atoms with van der Waals surface area (Å²) in [7, 11) is 1.92. The maximum absolute atomic E-state index is 12.1. The van der Waals surface area contributed by atoms with Gasteiger partial charge in [-0.15, -0.1) is 11.8 Å². The van der Waals surface area contributed by atoms with E-state index in [1.807, 2.05) is 36.2 Å². The Labute approximate surface area is 130 Å². The van der Waals surface area contributed by atoms with Crippen molar-refractivity contribution in [2.75, 3.05) is 25.9 Å². The highest BCUT2D eigenvalue weighted by Crippen LogP contribution is 2.21. The summed E-state index contributed by atoms with van der Waals surface area (Å²) < 4.78 is 0. The van der Waals surface area contributed by atoms with Gasteiger partial charge in [0.2, 0.25) is 5.91 Å². The Morgan fingerprint density at radius 2 is 2.20 bits per heavy atom. The summed E-state index contributed by atoms with van der Waals surface area (Å²) in [5.74, 6) is 1.22. The summed E-state index contributed by atoms with van der Waals surface area (Å²) in [5.41, 5.74) is 0. The van der Waals surface area contributed by atoms with Crippen molar-refractivity contribution in [1.82, 2.24) is 10.2 Å². The van der Waals surface area contributed by atoms with E-state index in [-0.39, 0.29) is 5.91 Å². The number of nitrogens with one attached hydrogen (secondary N) is 1. The number of likely N-dealkylation sites (N-methyl/N-ethyl adjacent to an activating group) is 1. The molecular weight excluding hydrogens is 292 g/mol. The van der Waals surface area contributed by atoms with Gasteiger partial charge in [0.15, 0.2) is 0 Å². The van der Waals surface area contributed by atoms with Gasteiger partial charge in [0.25, 0.3) is 0 Å². The Morgan fingerprint density at radius 1 is 1.45 bits per heavy atom. The van der Waals surface area contributed by atoms with Gasteiger partial charge in [-0.1, -0.05) is 11.6 Å². The number of amides is 1. The van der Waals surface area contributed by atoms with Crippen LogP contribution in [-0.4, -0.2) is 42.7 Å². The monoisotopic (exact) mass is 312 g/mol. The smallest absolute Gasteiger partial charge is 0.222 e. The molecule has 0 spiro atoms. The highest BCUT2D eigenvalue weighted by Gasteiger charge is 2.22. The maximum Gasteiger partial charge on any atom is 0.222 e. The number of hydrogen-bond acceptors (Lipinski definition) is 3. The summed E-state index contributed by atoms with van der Waals surface area (Å²) in [6, 6.07) is 8.22. The predicted octanol–water partition coefficient (Wildman–Crippen LogP) is 3.03. The van der Waals surface area contributed by atoms with Gasteiger partial charge in [-0.25, -0.2) is 0 Å². The topological polar surface area (TPSA) is 32.3 Å². The van der Waals surface area contributed by atoms with Crippen LogP contribution in [0.2, 0.25) is 5.02 Å². The van der Waals surface area contributed by atoms with Gasteiger partial charge < -0.3 is 10.2 Å². The highest BCUT2D eigenvalue weighted by atomic mass is 35.5. The first-order valence-electron chi connectivity index (χ1n) is 7.01. The number of rotatable bonds is 6. The van der Waals surface area contributed by atoms with E-state index in [2.05, 4.69) is 5.32 Å². The van der Waals surface area contributed by atoms with Crippen LogP contribution in [0.25, 0.3) is 0 Å². The molecule has 1 aromatic rings. The average Bonchev–Trinajstić information content (AvgIpc) is 2.98. The Kier molecular flexibility index (Phi) is 6.20. The van der Waals surface area contributed by atoms with Gasteiger partial charge in [-0.05, 0) is 49.4 Å². The minimum Gasteiger partial charge on any atom is -0.341 e. The van der Waals surface area contributed by atoms with Crippen LogP contribution in [-0.2, 0) is 4.79 Å². The van der Waals surface area contributed by atoms with Crippen molar-refractivity contribution in [3.8, 4) is 0 Å². The fraction of sp³-hybridized carbons (Fsp3) is 0.533. The second-order valence-electron chi connectivity index (χ2n) is 5.06. The predicted molar refractivity (Wildman–Crippen MR) is 85.5 cm³/mol. The van der Waals surface area contributed by atoms with E-state index >= 15 is 0 Å². The number of thioether (sulfide) groups is 1. The second kappa shape index (κ2) is 7.91. The lowest BCUT2D eigenvalue weighted by atomic mass is 10.2. The zero-order valence-corrected chi connectivity index (χ0v) is 13.3. The third-order valence-electron chi connectivity index (χ3n) is 3.59. The van der Waals surface area contributed by atoms with E-state index in [1.165, 1.54) is 4.90 Å². The first kappa shape index (κ1) is 15.7. The molecule has 2 rings (SSSR count). The number of carbonyl (C=O) groups excluding carboxylic acids is 1. The Bertz CT molecular complexity index is 432. The lowest BCUT2D eigenvalue weighted by Gasteiger charge is -2.23. The standard InChI is InChI=1S/C15H21ClN2OS/c1-18(13-8-9-17-11-13)15(19)3-2-10-20-14-6-4-12(16)5-7-14/h4-7,13,17H,2-3,8-11H2,1H3. The summed E-state index contributed by atoms with van der Waals surface area (Å²) in [6.07, 6.45) is 2.62. The average molecular weight is 313 g/mol. The van der Waals surface area contributed by atoms with Crippen LogP contribution in [0.3, 0.4) is 0 Å². The number of nitrogens with zero attached hydrogens (tertiary/aromatic N) is 1. The summed E-state index contributed by atoms with van der Waals surface area (Å²) >= 11 is 7.62. The van der Waals surface area contributed by atoms with Gasteiger partial charge in [0.1, 0.15) is 0 Å². The van der Waals surface area contributed by atoms with Gasteiger partial charge in [0, 0.05) is 36.0 Å². The van der Waals surface area contributed by atoms with Gasteiger partial charge in [0.05, 0.1) is 0 Å². The molecule has 1 aliphatic rings. The van der Waals surface area contributed by atoms with Crippen molar-refractivity contribution in [3.05, 3.63) is 29.3 Å². The molecule has 1 saturated heterocycles. The summed E-state index contributed by atoms with van der Waals surface area (Å²) in [6.45, 7) is 1.95. The SMILES string of the molecule is CN(C(=O)CCCSc1ccc(Cl)cc1)C1CCNC1. The van der Waals surface area contributed by atoms with Gasteiger partial charge in [-0.3, -0.25) is 4.79 Å². The largest absolute Gasteiger partial charge is 0.341 e. The molecule has 20 heavy (non-hydrogen) atoms. The van der Waals surface area contributed by atoms with Crippen LogP contribution in [0.4, 0.5) is 0 Å². The van der Waals surface area contributed by atoms with E-state index in [0.29, 0.717) is 12.5 Å². The fourth-order valence-corrected chi connectivity index (χ4v) is 3.27. The molecule has 110 valence electrons. The van der Waals surface area contributed by atoms with Crippen molar-refractivity contribution in [2.45, 2.75) is 30.2 Å². The van der Waals surface area contributed by atoms with Crippen LogP contribution in [0, 0.1) is 0 Å². The molecule has 0 bridgehead atoms. The Hall–Kier alpha value is -0.710. The molecule has 1 aromatic carbocycles. The number of carbonyl (C=O) groups is 1. The molecule has 3 nitrogen and oxygen atoms in total. The quantitative estimate of drug-likeness (QED) is 0.647. The van der Waals surface area contributed by atoms with Gasteiger partial charge >= 0.3 is 0 Å². The summed E-state index contributed by atoms with van der Waals surface area (Å²) in [5, 5.41) is 4.05. The van der Waals surface area contributed by atoms with Crippen LogP contribution < -0.4 is 5.32 Å². The first-order chi connectivity index (χ1) is 9.66. The molecule has 0 saturated carbocycles. The van der Waals surface area contributed by atoms with Crippen LogP contribution in [0.1, 0.15) is 19.3 Å². The van der Waals surface area contributed by atoms with E-state index < -0.39 is 0 Å². The Morgan fingerprint density at radius 3 is 2.85 bits per heavy atom. The Balaban J connectivity index is 1.65. The summed E-state index contributed by atoms with van der Waals surface area (Å²) in [4.78, 5) is 15.2. The molecule has 1 unspecified atom stereocenters. The van der Waals surface area contributed by atoms with Crippen LogP contribution in [0.5, 0.6) is 0 Å². The van der Waals surface area contributed by atoms with E-state index in [0.717, 1.165) is 36.7 Å². The molecule has 5 heteroatoms. The zero-order chi connectivity index (χ0) is 14.4. The maximum atomic E-state index is 12.1. The number of benzene rings is 1. The van der Waals surface area contributed by atoms with Crippen LogP contribution >= 0.6 is 23.4 Å². The van der Waals surface area contributed by atoms with E-state index in [4.69, 9.17) is 11.6 Å². The zero-order valence-electron chi connectivity index (χ0n) is 11.8. The molecule has 0 aliphatic carbocycles. The van der Waals surface area contributed by atoms with Crippen molar-refractivity contribution < 1.29 is 4.79 Å². The third kappa shape index (κ3) is 4.69. The molecular formula is C15H21ClN2OS. The number of halogens is 1. The molecule has 1 N–H and O–H groups in total. The number of hydrogen-bond donors (Lipinski definition) is 1. The van der Waals surface area contributed by atoms with Gasteiger partial charge in [-0.2, -0.15) is 0 Å². The fourth-order valence-electron chi connectivity index (χ4n) is 2.29. The van der Waals surface area contributed by atoms with Crippen molar-refractivity contribution in [1.29, 1.82) is 0 Å². The molecule has 1 atom stereocenters. The first-order valence-corrected chi connectivity index (χ1v) is 8.38. The lowest BCUT2D eigenvalue weighted by molar-refractivity contribution is -0.131. The normalized spacial score (nSPS) is 18.2. The van der Waals surface area contributed by atoms with E-state index in [1.54, 1.807) is 11.8 Å². The molecule has 1 aliphatic heterocycles.